The standard InChI is InChI=1S/C18H17BrN2/c1-12(20-17-9-10-18(19)21-13(17)2)15-8-7-14-5-3-4-6-16(14)11-15/h3-12,20H,1-2H3. The molecular formula is C18H17BrN2. The predicted octanol–water partition coefficient (Wildman–Crippen LogP) is 5.48. The Morgan fingerprint density at radius 3 is 2.52 bits per heavy atom. The molecule has 1 heterocycles. The number of aromatic nitrogens is 1. The van der Waals surface area contributed by atoms with E-state index in [0.29, 0.717) is 0 Å². The second-order valence-electron chi connectivity index (χ2n) is 5.24. The maximum Gasteiger partial charge on any atom is 0.106 e. The van der Waals surface area contributed by atoms with Crippen molar-refractivity contribution in [2.75, 3.05) is 5.32 Å². The van der Waals surface area contributed by atoms with Crippen LogP contribution in [0.25, 0.3) is 10.8 Å². The van der Waals surface area contributed by atoms with E-state index in [4.69, 9.17) is 0 Å². The van der Waals surface area contributed by atoms with Gasteiger partial charge in [-0.25, -0.2) is 4.98 Å². The first kappa shape index (κ1) is 14.1. The number of benzene rings is 2. The molecular weight excluding hydrogens is 324 g/mol. The SMILES string of the molecule is Cc1nc(Br)ccc1NC(C)c1ccc2ccccc2c1. The molecule has 0 fully saturated rings. The Morgan fingerprint density at radius 2 is 1.76 bits per heavy atom. The van der Waals surface area contributed by atoms with Crippen molar-refractivity contribution in [3.63, 3.8) is 0 Å². The quantitative estimate of drug-likeness (QED) is 0.638. The normalized spacial score (nSPS) is 12.3. The molecule has 3 heteroatoms. The van der Waals surface area contributed by atoms with Gasteiger partial charge >= 0.3 is 0 Å². The third-order valence-electron chi connectivity index (χ3n) is 3.70. The van der Waals surface area contributed by atoms with Gasteiger partial charge in [-0.3, -0.25) is 0 Å². The van der Waals surface area contributed by atoms with Gasteiger partial charge in [0.05, 0.1) is 11.4 Å². The van der Waals surface area contributed by atoms with E-state index >= 15 is 0 Å². The lowest BCUT2D eigenvalue weighted by atomic mass is 10.0. The third kappa shape index (κ3) is 3.08. The molecule has 2 aromatic carbocycles. The Balaban J connectivity index is 1.87. The Labute approximate surface area is 133 Å². The van der Waals surface area contributed by atoms with Crippen molar-refractivity contribution in [2.24, 2.45) is 0 Å². The maximum atomic E-state index is 4.42. The van der Waals surface area contributed by atoms with E-state index < -0.39 is 0 Å². The average molecular weight is 341 g/mol. The van der Waals surface area contributed by atoms with Crippen molar-refractivity contribution < 1.29 is 0 Å². The maximum absolute atomic E-state index is 4.42. The highest BCUT2D eigenvalue weighted by atomic mass is 79.9. The van der Waals surface area contributed by atoms with E-state index in [0.717, 1.165) is 16.0 Å². The topological polar surface area (TPSA) is 24.9 Å². The fraction of sp³-hybridized carbons (Fsp3) is 0.167. The zero-order chi connectivity index (χ0) is 14.8. The van der Waals surface area contributed by atoms with Crippen LogP contribution in [0.3, 0.4) is 0 Å². The molecule has 0 aliphatic carbocycles. The zero-order valence-corrected chi connectivity index (χ0v) is 13.7. The molecule has 0 saturated heterocycles. The van der Waals surface area contributed by atoms with Gasteiger partial charge in [0.1, 0.15) is 4.60 Å². The molecule has 0 saturated carbocycles. The third-order valence-corrected chi connectivity index (χ3v) is 4.14. The van der Waals surface area contributed by atoms with Gasteiger partial charge in [0.25, 0.3) is 0 Å². The minimum atomic E-state index is 0.233. The highest BCUT2D eigenvalue weighted by Crippen LogP contribution is 2.25. The van der Waals surface area contributed by atoms with Gasteiger partial charge in [0, 0.05) is 6.04 Å². The molecule has 1 N–H and O–H groups in total. The number of hydrogen-bond donors (Lipinski definition) is 1. The van der Waals surface area contributed by atoms with Crippen LogP contribution in [0.15, 0.2) is 59.2 Å². The molecule has 21 heavy (non-hydrogen) atoms. The minimum absolute atomic E-state index is 0.233. The summed E-state index contributed by atoms with van der Waals surface area (Å²) in [4.78, 5) is 4.42. The summed E-state index contributed by atoms with van der Waals surface area (Å²) in [5.74, 6) is 0. The summed E-state index contributed by atoms with van der Waals surface area (Å²) < 4.78 is 0.865. The summed E-state index contributed by atoms with van der Waals surface area (Å²) in [6, 6.07) is 19.3. The van der Waals surface area contributed by atoms with Crippen LogP contribution in [0.4, 0.5) is 5.69 Å². The van der Waals surface area contributed by atoms with Gasteiger partial charge in [-0.2, -0.15) is 0 Å². The van der Waals surface area contributed by atoms with Crippen LogP contribution in [0, 0.1) is 6.92 Å². The Hall–Kier alpha value is -1.87. The molecule has 0 bridgehead atoms. The number of halogens is 1. The molecule has 0 aliphatic heterocycles. The number of anilines is 1. The van der Waals surface area contributed by atoms with Gasteiger partial charge in [-0.05, 0) is 64.3 Å². The largest absolute Gasteiger partial charge is 0.377 e. The predicted molar refractivity (Wildman–Crippen MR) is 92.7 cm³/mol. The summed E-state index contributed by atoms with van der Waals surface area (Å²) in [7, 11) is 0. The van der Waals surface area contributed by atoms with Crippen LogP contribution >= 0.6 is 15.9 Å². The number of fused-ring (bicyclic) bond motifs is 1. The van der Waals surface area contributed by atoms with Crippen molar-refractivity contribution in [1.82, 2.24) is 4.98 Å². The molecule has 0 radical (unpaired) electrons. The molecule has 0 amide bonds. The first-order valence-corrected chi connectivity index (χ1v) is 7.81. The Morgan fingerprint density at radius 1 is 1.00 bits per heavy atom. The number of rotatable bonds is 3. The molecule has 1 unspecified atom stereocenters. The van der Waals surface area contributed by atoms with E-state index in [2.05, 4.69) is 81.7 Å². The number of nitrogens with one attached hydrogen (secondary N) is 1. The highest BCUT2D eigenvalue weighted by molar-refractivity contribution is 9.10. The first-order chi connectivity index (χ1) is 10.1. The summed E-state index contributed by atoms with van der Waals surface area (Å²) >= 11 is 3.40. The molecule has 3 rings (SSSR count). The lowest BCUT2D eigenvalue weighted by Gasteiger charge is -2.17. The van der Waals surface area contributed by atoms with Crippen LogP contribution in [-0.4, -0.2) is 4.98 Å². The van der Waals surface area contributed by atoms with Crippen LogP contribution in [-0.2, 0) is 0 Å². The fourth-order valence-electron chi connectivity index (χ4n) is 2.48. The van der Waals surface area contributed by atoms with Crippen molar-refractivity contribution in [3.05, 3.63) is 70.5 Å². The number of hydrogen-bond acceptors (Lipinski definition) is 2. The fourth-order valence-corrected chi connectivity index (χ4v) is 2.87. The van der Waals surface area contributed by atoms with E-state index in [1.807, 2.05) is 13.0 Å². The first-order valence-electron chi connectivity index (χ1n) is 7.02. The lowest BCUT2D eigenvalue weighted by molar-refractivity contribution is 0.880. The van der Waals surface area contributed by atoms with Gasteiger partial charge in [-0.15, -0.1) is 0 Å². The van der Waals surface area contributed by atoms with Gasteiger partial charge < -0.3 is 5.32 Å². The average Bonchev–Trinajstić information content (AvgIpc) is 2.49. The van der Waals surface area contributed by atoms with Gasteiger partial charge in [0.15, 0.2) is 0 Å². The molecule has 106 valence electrons. The summed E-state index contributed by atoms with van der Waals surface area (Å²) in [6.45, 7) is 4.19. The molecule has 0 aliphatic rings. The monoisotopic (exact) mass is 340 g/mol. The van der Waals surface area contributed by atoms with E-state index in [1.165, 1.54) is 16.3 Å². The Bertz CT molecular complexity index is 783. The second kappa shape index (κ2) is 5.86. The van der Waals surface area contributed by atoms with Crippen molar-refractivity contribution in [2.45, 2.75) is 19.9 Å². The van der Waals surface area contributed by atoms with E-state index in [-0.39, 0.29) is 6.04 Å². The lowest BCUT2D eigenvalue weighted by Crippen LogP contribution is -2.08. The smallest absolute Gasteiger partial charge is 0.106 e. The zero-order valence-electron chi connectivity index (χ0n) is 12.1. The van der Waals surface area contributed by atoms with E-state index in [9.17, 15) is 0 Å². The minimum Gasteiger partial charge on any atom is -0.377 e. The molecule has 1 atom stereocenters. The van der Waals surface area contributed by atoms with Crippen LogP contribution in [0.5, 0.6) is 0 Å². The van der Waals surface area contributed by atoms with Gasteiger partial charge in [0.2, 0.25) is 0 Å². The van der Waals surface area contributed by atoms with Crippen LogP contribution in [0.1, 0.15) is 24.2 Å². The molecule has 2 nitrogen and oxygen atoms in total. The number of nitrogens with zero attached hydrogens (tertiary/aromatic N) is 1. The summed E-state index contributed by atoms with van der Waals surface area (Å²) in [6.07, 6.45) is 0. The van der Waals surface area contributed by atoms with Crippen molar-refractivity contribution in [3.8, 4) is 0 Å². The Kier molecular flexibility index (Phi) is 3.93. The summed E-state index contributed by atoms with van der Waals surface area (Å²) in [5.41, 5.74) is 3.34. The second-order valence-corrected chi connectivity index (χ2v) is 6.05. The van der Waals surface area contributed by atoms with Gasteiger partial charge in [-0.1, -0.05) is 36.4 Å². The number of aryl methyl sites for hydroxylation is 1. The van der Waals surface area contributed by atoms with Crippen molar-refractivity contribution >= 4 is 32.4 Å². The van der Waals surface area contributed by atoms with Crippen molar-refractivity contribution in [1.29, 1.82) is 0 Å². The molecule has 1 aromatic heterocycles. The highest BCUT2D eigenvalue weighted by Gasteiger charge is 2.08. The molecule has 3 aromatic rings. The summed E-state index contributed by atoms with van der Waals surface area (Å²) in [5, 5.41) is 6.08. The van der Waals surface area contributed by atoms with Crippen LogP contribution < -0.4 is 5.32 Å². The van der Waals surface area contributed by atoms with Crippen LogP contribution in [0.2, 0.25) is 0 Å². The number of pyridine rings is 1. The molecule has 0 spiro atoms. The van der Waals surface area contributed by atoms with E-state index in [1.54, 1.807) is 0 Å².